The Balaban J connectivity index is 1.60. The second-order valence-electron chi connectivity index (χ2n) is 5.42. The van der Waals surface area contributed by atoms with Gasteiger partial charge < -0.3 is 9.64 Å². The highest BCUT2D eigenvalue weighted by atomic mass is 35.5. The number of hydrogen-bond donors (Lipinski definition) is 0. The third kappa shape index (κ3) is 3.95. The molecule has 0 radical (unpaired) electrons. The zero-order valence-corrected chi connectivity index (χ0v) is 13.9. The van der Waals surface area contributed by atoms with E-state index >= 15 is 0 Å². The molecule has 0 N–H and O–H groups in total. The van der Waals surface area contributed by atoms with Gasteiger partial charge in [-0.3, -0.25) is 9.78 Å². The third-order valence-electron chi connectivity index (χ3n) is 3.83. The molecule has 2 heterocycles. The summed E-state index contributed by atoms with van der Waals surface area (Å²) in [6, 6.07) is 8.67. The van der Waals surface area contributed by atoms with Crippen molar-refractivity contribution >= 4 is 29.1 Å². The maximum Gasteiger partial charge on any atom is 0.255 e. The Kier molecular flexibility index (Phi) is 5.03. The predicted molar refractivity (Wildman–Crippen MR) is 90.3 cm³/mol. The van der Waals surface area contributed by atoms with Gasteiger partial charge in [-0.05, 0) is 30.3 Å². The molecule has 1 amide bonds. The first kappa shape index (κ1) is 16.1. The van der Waals surface area contributed by atoms with Crippen LogP contribution in [0.25, 0.3) is 0 Å². The van der Waals surface area contributed by atoms with Gasteiger partial charge in [0.1, 0.15) is 11.9 Å². The maximum atomic E-state index is 12.6. The molecular weight excluding hydrogens is 335 g/mol. The molecule has 1 saturated heterocycles. The number of pyridine rings is 1. The summed E-state index contributed by atoms with van der Waals surface area (Å²) in [6.07, 6.45) is 5.06. The number of aromatic nitrogens is 1. The standard InChI is InChI=1S/C17H16Cl2N2O2/c18-12-3-4-16(19)15(10-12)17(22)21-8-5-13(6-9-21)23-14-2-1-7-20-11-14/h1-4,7,10-11,13H,5-6,8-9H2. The van der Waals surface area contributed by atoms with Crippen molar-refractivity contribution in [2.75, 3.05) is 13.1 Å². The largest absolute Gasteiger partial charge is 0.489 e. The first-order chi connectivity index (χ1) is 11.1. The molecule has 1 aromatic heterocycles. The van der Waals surface area contributed by atoms with Crippen LogP contribution in [-0.2, 0) is 0 Å². The number of amides is 1. The van der Waals surface area contributed by atoms with Gasteiger partial charge >= 0.3 is 0 Å². The van der Waals surface area contributed by atoms with Gasteiger partial charge in [0.25, 0.3) is 5.91 Å². The maximum absolute atomic E-state index is 12.6. The first-order valence-electron chi connectivity index (χ1n) is 7.44. The molecule has 1 aliphatic rings. The summed E-state index contributed by atoms with van der Waals surface area (Å²) in [7, 11) is 0. The van der Waals surface area contributed by atoms with Gasteiger partial charge in [0.2, 0.25) is 0 Å². The Morgan fingerprint density at radius 3 is 2.70 bits per heavy atom. The van der Waals surface area contributed by atoms with Gasteiger partial charge in [0.15, 0.2) is 0 Å². The van der Waals surface area contributed by atoms with Crippen molar-refractivity contribution in [1.82, 2.24) is 9.88 Å². The van der Waals surface area contributed by atoms with Crippen molar-refractivity contribution in [1.29, 1.82) is 0 Å². The summed E-state index contributed by atoms with van der Waals surface area (Å²) in [4.78, 5) is 18.4. The van der Waals surface area contributed by atoms with Crippen LogP contribution in [0.4, 0.5) is 0 Å². The summed E-state index contributed by atoms with van der Waals surface area (Å²) in [5.41, 5.74) is 0.450. The van der Waals surface area contributed by atoms with Crippen LogP contribution in [0, 0.1) is 0 Å². The molecule has 2 aromatic rings. The van der Waals surface area contributed by atoms with Crippen LogP contribution in [0.2, 0.25) is 10.0 Å². The molecule has 23 heavy (non-hydrogen) atoms. The second kappa shape index (κ2) is 7.20. The van der Waals surface area contributed by atoms with E-state index in [0.29, 0.717) is 28.7 Å². The monoisotopic (exact) mass is 350 g/mol. The Morgan fingerprint density at radius 2 is 2.00 bits per heavy atom. The summed E-state index contributed by atoms with van der Waals surface area (Å²) in [5, 5.41) is 0.931. The van der Waals surface area contributed by atoms with E-state index in [1.54, 1.807) is 35.5 Å². The van der Waals surface area contributed by atoms with Gasteiger partial charge in [-0.2, -0.15) is 0 Å². The molecule has 4 nitrogen and oxygen atoms in total. The predicted octanol–water partition coefficient (Wildman–Crippen LogP) is 4.07. The number of carbonyl (C=O) groups is 1. The summed E-state index contributed by atoms with van der Waals surface area (Å²) >= 11 is 12.1. The SMILES string of the molecule is O=C(c1cc(Cl)ccc1Cl)N1CCC(Oc2cccnc2)CC1. The van der Waals surface area contributed by atoms with Crippen LogP contribution < -0.4 is 4.74 Å². The lowest BCUT2D eigenvalue weighted by atomic mass is 10.1. The van der Waals surface area contributed by atoms with Crippen molar-refractivity contribution in [2.45, 2.75) is 18.9 Å². The van der Waals surface area contributed by atoms with Crippen LogP contribution >= 0.6 is 23.2 Å². The third-order valence-corrected chi connectivity index (χ3v) is 4.39. The lowest BCUT2D eigenvalue weighted by molar-refractivity contribution is 0.0595. The van der Waals surface area contributed by atoms with Crippen molar-refractivity contribution < 1.29 is 9.53 Å². The van der Waals surface area contributed by atoms with E-state index in [1.165, 1.54) is 0 Å². The molecule has 6 heteroatoms. The molecule has 0 aliphatic carbocycles. The Morgan fingerprint density at radius 1 is 1.22 bits per heavy atom. The normalized spacial score (nSPS) is 15.5. The average molecular weight is 351 g/mol. The fourth-order valence-electron chi connectivity index (χ4n) is 2.62. The molecular formula is C17H16Cl2N2O2. The summed E-state index contributed by atoms with van der Waals surface area (Å²) < 4.78 is 5.88. The van der Waals surface area contributed by atoms with Crippen LogP contribution in [0.15, 0.2) is 42.7 Å². The molecule has 120 valence electrons. The molecule has 1 fully saturated rings. The number of nitrogens with zero attached hydrogens (tertiary/aromatic N) is 2. The quantitative estimate of drug-likeness (QED) is 0.837. The number of ether oxygens (including phenoxy) is 1. The Bertz CT molecular complexity index is 686. The molecule has 0 bridgehead atoms. The molecule has 0 spiro atoms. The number of halogens is 2. The molecule has 3 rings (SSSR count). The highest BCUT2D eigenvalue weighted by Gasteiger charge is 2.26. The highest BCUT2D eigenvalue weighted by molar-refractivity contribution is 6.35. The van der Waals surface area contributed by atoms with E-state index in [2.05, 4.69) is 4.98 Å². The minimum atomic E-state index is -0.0858. The fraction of sp³-hybridized carbons (Fsp3) is 0.294. The van der Waals surface area contributed by atoms with Crippen molar-refractivity contribution in [3.8, 4) is 5.75 Å². The van der Waals surface area contributed by atoms with E-state index in [1.807, 2.05) is 12.1 Å². The lowest BCUT2D eigenvalue weighted by Gasteiger charge is -2.32. The zero-order valence-electron chi connectivity index (χ0n) is 12.4. The lowest BCUT2D eigenvalue weighted by Crippen LogP contribution is -2.41. The number of rotatable bonds is 3. The van der Waals surface area contributed by atoms with Gasteiger partial charge in [0, 0.05) is 37.2 Å². The number of carbonyl (C=O) groups excluding carboxylic acids is 1. The topological polar surface area (TPSA) is 42.4 Å². The first-order valence-corrected chi connectivity index (χ1v) is 8.20. The average Bonchev–Trinajstić information content (AvgIpc) is 2.58. The fourth-order valence-corrected chi connectivity index (χ4v) is 2.99. The van der Waals surface area contributed by atoms with E-state index in [0.717, 1.165) is 18.6 Å². The van der Waals surface area contributed by atoms with E-state index < -0.39 is 0 Å². The van der Waals surface area contributed by atoms with Gasteiger partial charge in [-0.1, -0.05) is 23.2 Å². The van der Waals surface area contributed by atoms with Crippen molar-refractivity contribution in [3.63, 3.8) is 0 Å². The molecule has 1 aromatic carbocycles. The minimum absolute atomic E-state index is 0.0858. The number of benzene rings is 1. The number of hydrogen-bond acceptors (Lipinski definition) is 3. The minimum Gasteiger partial charge on any atom is -0.489 e. The van der Waals surface area contributed by atoms with Gasteiger partial charge in [-0.25, -0.2) is 0 Å². The molecule has 0 atom stereocenters. The summed E-state index contributed by atoms with van der Waals surface area (Å²) in [6.45, 7) is 1.26. The number of piperidine rings is 1. The molecule has 0 unspecified atom stereocenters. The smallest absolute Gasteiger partial charge is 0.255 e. The zero-order chi connectivity index (χ0) is 16.2. The highest BCUT2D eigenvalue weighted by Crippen LogP contribution is 2.24. The van der Waals surface area contributed by atoms with Crippen molar-refractivity contribution in [2.24, 2.45) is 0 Å². The van der Waals surface area contributed by atoms with Crippen molar-refractivity contribution in [3.05, 3.63) is 58.3 Å². The van der Waals surface area contributed by atoms with Crippen LogP contribution in [0.3, 0.4) is 0 Å². The summed E-state index contributed by atoms with van der Waals surface area (Å²) in [5.74, 6) is 0.674. The van der Waals surface area contributed by atoms with E-state index in [9.17, 15) is 4.79 Å². The molecule has 1 aliphatic heterocycles. The van der Waals surface area contributed by atoms with Gasteiger partial charge in [0.05, 0.1) is 16.8 Å². The van der Waals surface area contributed by atoms with E-state index in [4.69, 9.17) is 27.9 Å². The Hall–Kier alpha value is -1.78. The Labute approximate surface area is 145 Å². The van der Waals surface area contributed by atoms with Crippen LogP contribution in [0.5, 0.6) is 5.75 Å². The second-order valence-corrected chi connectivity index (χ2v) is 6.27. The molecule has 0 saturated carbocycles. The van der Waals surface area contributed by atoms with Crippen LogP contribution in [-0.4, -0.2) is 35.0 Å². The van der Waals surface area contributed by atoms with E-state index in [-0.39, 0.29) is 12.0 Å². The van der Waals surface area contributed by atoms with Crippen LogP contribution in [0.1, 0.15) is 23.2 Å². The number of likely N-dealkylation sites (tertiary alicyclic amines) is 1. The van der Waals surface area contributed by atoms with Gasteiger partial charge in [-0.15, -0.1) is 0 Å².